The predicted molar refractivity (Wildman–Crippen MR) is 85.5 cm³/mol. The van der Waals surface area contributed by atoms with E-state index < -0.39 is 0 Å². The number of urea groups is 1. The molecule has 1 aromatic carbocycles. The van der Waals surface area contributed by atoms with E-state index in [1.807, 2.05) is 4.90 Å². The van der Waals surface area contributed by atoms with Crippen LogP contribution in [-0.4, -0.2) is 49.2 Å². The van der Waals surface area contributed by atoms with Gasteiger partial charge in [-0.15, -0.1) is 0 Å². The van der Waals surface area contributed by atoms with Gasteiger partial charge in [-0.2, -0.15) is 0 Å². The van der Waals surface area contributed by atoms with Crippen molar-refractivity contribution >= 4 is 6.03 Å². The number of amides is 2. The quantitative estimate of drug-likeness (QED) is 0.758. The van der Waals surface area contributed by atoms with E-state index in [1.54, 1.807) is 12.1 Å². The molecular formula is C17H23FN4O. The maximum atomic E-state index is 13.0. The first-order valence-electron chi connectivity index (χ1n) is 8.40. The Labute approximate surface area is 135 Å². The molecule has 2 saturated heterocycles. The molecule has 0 aromatic heterocycles. The summed E-state index contributed by atoms with van der Waals surface area (Å²) in [6.45, 7) is 3.28. The summed E-state index contributed by atoms with van der Waals surface area (Å²) in [5, 5.41) is 6.48. The minimum Gasteiger partial charge on any atom is -0.335 e. The summed E-state index contributed by atoms with van der Waals surface area (Å²) in [6, 6.07) is 6.79. The van der Waals surface area contributed by atoms with E-state index >= 15 is 0 Å². The standard InChI is InChI=1S/C17H23FN4O/c18-11-3-1-10(2-4-11)12-5-6-22(9-15(12)19)17(23)21-16-13-7-20-8-14(13)16/h1-4,12-16,20H,5-9,19H2,(H,21,23)/t12-,13-,14+,15+,16?/m0/s1. The van der Waals surface area contributed by atoms with Gasteiger partial charge in [0.25, 0.3) is 0 Å². The summed E-state index contributed by atoms with van der Waals surface area (Å²) >= 11 is 0. The molecule has 2 aliphatic heterocycles. The lowest BCUT2D eigenvalue weighted by molar-refractivity contribution is 0.171. The maximum absolute atomic E-state index is 13.0. The van der Waals surface area contributed by atoms with Crippen LogP contribution in [0, 0.1) is 17.7 Å². The van der Waals surface area contributed by atoms with Crippen molar-refractivity contribution in [3.8, 4) is 0 Å². The Morgan fingerprint density at radius 1 is 1.26 bits per heavy atom. The zero-order valence-corrected chi connectivity index (χ0v) is 13.0. The summed E-state index contributed by atoms with van der Waals surface area (Å²) in [4.78, 5) is 14.2. The molecular weight excluding hydrogens is 295 g/mol. The minimum atomic E-state index is -0.233. The Morgan fingerprint density at radius 2 is 1.96 bits per heavy atom. The third-order valence-corrected chi connectivity index (χ3v) is 5.63. The second-order valence-electron chi connectivity index (χ2n) is 7.02. The van der Waals surface area contributed by atoms with Gasteiger partial charge in [-0.25, -0.2) is 9.18 Å². The number of hydrogen-bond acceptors (Lipinski definition) is 3. The van der Waals surface area contributed by atoms with Crippen LogP contribution < -0.4 is 16.4 Å². The SMILES string of the molecule is N[C@@H]1CN(C(=O)NC2[C@H]3CNC[C@@H]23)CC[C@H]1c1ccc(F)cc1. The van der Waals surface area contributed by atoms with Gasteiger partial charge >= 0.3 is 6.03 Å². The van der Waals surface area contributed by atoms with Crippen LogP contribution in [0.25, 0.3) is 0 Å². The highest BCUT2D eigenvalue weighted by Crippen LogP contribution is 2.41. The number of nitrogens with two attached hydrogens (primary N) is 1. The number of carbonyl (C=O) groups is 1. The van der Waals surface area contributed by atoms with Crippen molar-refractivity contribution in [2.24, 2.45) is 17.6 Å². The molecule has 5 atom stereocenters. The number of likely N-dealkylation sites (tertiary alicyclic amines) is 1. The second kappa shape index (κ2) is 5.76. The van der Waals surface area contributed by atoms with E-state index in [-0.39, 0.29) is 23.8 Å². The van der Waals surface area contributed by atoms with Crippen molar-refractivity contribution in [2.75, 3.05) is 26.2 Å². The fourth-order valence-corrected chi connectivity index (χ4v) is 4.16. The molecule has 3 fully saturated rings. The van der Waals surface area contributed by atoms with Gasteiger partial charge in [0, 0.05) is 44.2 Å². The van der Waals surface area contributed by atoms with Crippen LogP contribution in [0.1, 0.15) is 17.9 Å². The number of carbonyl (C=O) groups excluding carboxylic acids is 1. The van der Waals surface area contributed by atoms with Gasteiger partial charge in [-0.1, -0.05) is 12.1 Å². The van der Waals surface area contributed by atoms with Crippen LogP contribution >= 0.6 is 0 Å². The maximum Gasteiger partial charge on any atom is 0.317 e. The Morgan fingerprint density at radius 3 is 2.61 bits per heavy atom. The summed E-state index contributed by atoms with van der Waals surface area (Å²) in [5.74, 6) is 1.18. The van der Waals surface area contributed by atoms with Gasteiger partial charge in [0.15, 0.2) is 0 Å². The molecule has 4 N–H and O–H groups in total. The largest absolute Gasteiger partial charge is 0.335 e. The summed E-state index contributed by atoms with van der Waals surface area (Å²) in [5.41, 5.74) is 7.35. The number of rotatable bonds is 2. The fourth-order valence-electron chi connectivity index (χ4n) is 4.16. The van der Waals surface area contributed by atoms with Gasteiger partial charge in [-0.3, -0.25) is 0 Å². The van der Waals surface area contributed by atoms with Crippen molar-refractivity contribution in [1.82, 2.24) is 15.5 Å². The number of piperidine rings is 2. The summed E-state index contributed by atoms with van der Waals surface area (Å²) < 4.78 is 13.0. The average Bonchev–Trinajstić information content (AvgIpc) is 2.96. The molecule has 5 nitrogen and oxygen atoms in total. The van der Waals surface area contributed by atoms with Crippen LogP contribution in [0.5, 0.6) is 0 Å². The smallest absolute Gasteiger partial charge is 0.317 e. The summed E-state index contributed by atoms with van der Waals surface area (Å²) in [6.07, 6.45) is 0.819. The van der Waals surface area contributed by atoms with Gasteiger partial charge in [-0.05, 0) is 36.0 Å². The lowest BCUT2D eigenvalue weighted by atomic mass is 9.86. The third-order valence-electron chi connectivity index (χ3n) is 5.63. The molecule has 0 spiro atoms. The van der Waals surface area contributed by atoms with Crippen molar-refractivity contribution < 1.29 is 9.18 Å². The normalized spacial score (nSPS) is 35.7. The molecule has 6 heteroatoms. The average molecular weight is 318 g/mol. The third kappa shape index (κ3) is 2.81. The van der Waals surface area contributed by atoms with E-state index in [1.165, 1.54) is 12.1 Å². The lowest BCUT2D eigenvalue weighted by Crippen LogP contribution is -2.53. The van der Waals surface area contributed by atoms with Gasteiger partial charge < -0.3 is 21.3 Å². The Balaban J connectivity index is 1.33. The molecule has 124 valence electrons. The molecule has 1 unspecified atom stereocenters. The highest BCUT2D eigenvalue weighted by atomic mass is 19.1. The highest BCUT2D eigenvalue weighted by molar-refractivity contribution is 5.75. The van der Waals surface area contributed by atoms with E-state index in [0.717, 1.165) is 25.1 Å². The first-order valence-corrected chi connectivity index (χ1v) is 8.40. The molecule has 3 aliphatic rings. The molecule has 2 amide bonds. The molecule has 23 heavy (non-hydrogen) atoms. The van der Waals surface area contributed by atoms with Crippen LogP contribution in [0.3, 0.4) is 0 Å². The van der Waals surface area contributed by atoms with Crippen LogP contribution in [-0.2, 0) is 0 Å². The van der Waals surface area contributed by atoms with Crippen LogP contribution in [0.4, 0.5) is 9.18 Å². The van der Waals surface area contributed by atoms with Gasteiger partial charge in [0.2, 0.25) is 0 Å². The number of benzene rings is 1. The number of hydrogen-bond donors (Lipinski definition) is 3. The molecule has 1 aromatic rings. The first kappa shape index (κ1) is 14.9. The number of nitrogens with zero attached hydrogens (tertiary/aromatic N) is 1. The minimum absolute atomic E-state index is 0.0115. The Bertz CT molecular complexity index is 583. The van der Waals surface area contributed by atoms with Crippen molar-refractivity contribution in [3.63, 3.8) is 0 Å². The zero-order chi connectivity index (χ0) is 16.0. The molecule has 1 saturated carbocycles. The lowest BCUT2D eigenvalue weighted by Gasteiger charge is -2.37. The van der Waals surface area contributed by atoms with Gasteiger partial charge in [0.05, 0.1) is 0 Å². The predicted octanol–water partition coefficient (Wildman–Crippen LogP) is 0.870. The molecule has 0 radical (unpaired) electrons. The first-order chi connectivity index (χ1) is 11.1. The Kier molecular flexibility index (Phi) is 3.73. The molecule has 0 bridgehead atoms. The van der Waals surface area contributed by atoms with Crippen molar-refractivity contribution in [3.05, 3.63) is 35.6 Å². The summed E-state index contributed by atoms with van der Waals surface area (Å²) in [7, 11) is 0. The van der Waals surface area contributed by atoms with E-state index in [0.29, 0.717) is 31.0 Å². The zero-order valence-electron chi connectivity index (χ0n) is 13.0. The van der Waals surface area contributed by atoms with E-state index in [9.17, 15) is 9.18 Å². The topological polar surface area (TPSA) is 70.4 Å². The van der Waals surface area contributed by atoms with Gasteiger partial charge in [0.1, 0.15) is 5.82 Å². The molecule has 4 rings (SSSR count). The van der Waals surface area contributed by atoms with Crippen molar-refractivity contribution in [1.29, 1.82) is 0 Å². The van der Waals surface area contributed by atoms with E-state index in [4.69, 9.17) is 5.73 Å². The number of nitrogens with one attached hydrogen (secondary N) is 2. The number of halogens is 1. The second-order valence-corrected chi connectivity index (χ2v) is 7.02. The fraction of sp³-hybridized carbons (Fsp3) is 0.588. The van der Waals surface area contributed by atoms with Crippen molar-refractivity contribution in [2.45, 2.75) is 24.4 Å². The monoisotopic (exact) mass is 318 g/mol. The van der Waals surface area contributed by atoms with Crippen LogP contribution in [0.15, 0.2) is 24.3 Å². The highest BCUT2D eigenvalue weighted by Gasteiger charge is 2.54. The Hall–Kier alpha value is -1.66. The van der Waals surface area contributed by atoms with Crippen LogP contribution in [0.2, 0.25) is 0 Å². The molecule has 2 heterocycles. The molecule has 1 aliphatic carbocycles. The van der Waals surface area contributed by atoms with E-state index in [2.05, 4.69) is 10.6 Å². The number of fused-ring (bicyclic) bond motifs is 1.